The van der Waals surface area contributed by atoms with Gasteiger partial charge in [-0.15, -0.1) is 0 Å². The van der Waals surface area contributed by atoms with Crippen molar-refractivity contribution in [3.8, 4) is 11.1 Å². The van der Waals surface area contributed by atoms with Crippen LogP contribution in [0.2, 0.25) is 0 Å². The molecule has 43 heavy (non-hydrogen) atoms. The maximum absolute atomic E-state index is 14.0. The molecule has 1 atom stereocenters. The molecule has 0 spiro atoms. The lowest BCUT2D eigenvalue weighted by atomic mass is 9.88. The van der Waals surface area contributed by atoms with Crippen LogP contribution >= 0.6 is 0 Å². The normalized spacial score (nSPS) is 14.7. The van der Waals surface area contributed by atoms with Crippen molar-refractivity contribution >= 4 is 16.0 Å². The molecule has 7 nitrogen and oxygen atoms in total. The zero-order valence-electron chi connectivity index (χ0n) is 25.4. The van der Waals surface area contributed by atoms with E-state index in [1.54, 1.807) is 18.2 Å². The highest BCUT2D eigenvalue weighted by Gasteiger charge is 2.30. The molecule has 3 aromatic carbocycles. The van der Waals surface area contributed by atoms with Gasteiger partial charge in [-0.05, 0) is 110 Å². The number of β-amino-alcohol motifs (C(OH)–C–C–N with tert-alkyl or cyclic N) is 1. The summed E-state index contributed by atoms with van der Waals surface area (Å²) in [4.78, 5) is 11.3. The standard InChI is InChI=1S/C34H43FN2O5S/c1-5-24-18-27(31-13-12-29(35)19-28(31)11-15-33(39)40)10-14-32(24)43(41,42)37(4)22-30(38)21-36-34(2,3)20-23-16-25-8-6-7-9-26(25)17-23/h6-10,12-14,18-19,23,30,36,38H,5,11,15-17,20-22H2,1-4H3,(H,39,40). The Bertz CT molecular complexity index is 1530. The summed E-state index contributed by atoms with van der Waals surface area (Å²) >= 11 is 0. The van der Waals surface area contributed by atoms with Crippen LogP contribution in [0.5, 0.6) is 0 Å². The zero-order chi connectivity index (χ0) is 31.4. The van der Waals surface area contributed by atoms with Crippen molar-refractivity contribution < 1.29 is 27.8 Å². The fourth-order valence-electron chi connectivity index (χ4n) is 6.18. The maximum atomic E-state index is 14.0. The summed E-state index contributed by atoms with van der Waals surface area (Å²) < 4.78 is 42.3. The molecule has 0 aromatic heterocycles. The molecular formula is C34H43FN2O5S. The predicted molar refractivity (Wildman–Crippen MR) is 167 cm³/mol. The molecule has 0 amide bonds. The largest absolute Gasteiger partial charge is 0.481 e. The highest BCUT2D eigenvalue weighted by atomic mass is 32.2. The number of nitrogens with one attached hydrogen (secondary N) is 1. The van der Waals surface area contributed by atoms with Gasteiger partial charge in [-0.25, -0.2) is 12.8 Å². The van der Waals surface area contributed by atoms with Gasteiger partial charge in [0.25, 0.3) is 0 Å². The van der Waals surface area contributed by atoms with Gasteiger partial charge >= 0.3 is 5.97 Å². The Morgan fingerprint density at radius 1 is 1.07 bits per heavy atom. The van der Waals surface area contributed by atoms with Crippen LogP contribution in [0.3, 0.4) is 0 Å². The number of halogens is 1. The molecule has 0 fully saturated rings. The first-order valence-electron chi connectivity index (χ1n) is 14.9. The Morgan fingerprint density at radius 2 is 1.74 bits per heavy atom. The number of benzene rings is 3. The first kappa shape index (κ1) is 32.8. The van der Waals surface area contributed by atoms with E-state index in [2.05, 4.69) is 43.4 Å². The van der Waals surface area contributed by atoms with Gasteiger partial charge in [0.1, 0.15) is 5.82 Å². The van der Waals surface area contributed by atoms with Crippen molar-refractivity contribution in [2.45, 2.75) is 75.8 Å². The Hall–Kier alpha value is -3.11. The van der Waals surface area contributed by atoms with E-state index in [9.17, 15) is 22.7 Å². The molecule has 1 aliphatic rings. The first-order chi connectivity index (χ1) is 20.3. The fraction of sp³-hybridized carbons (Fsp3) is 0.441. The smallest absolute Gasteiger partial charge is 0.303 e. The van der Waals surface area contributed by atoms with E-state index in [1.807, 2.05) is 6.92 Å². The van der Waals surface area contributed by atoms with Crippen molar-refractivity contribution in [3.05, 3.63) is 88.7 Å². The summed E-state index contributed by atoms with van der Waals surface area (Å²) in [5.41, 5.74) is 5.09. The molecule has 0 bridgehead atoms. The number of aliphatic carboxylic acids is 1. The van der Waals surface area contributed by atoms with E-state index < -0.39 is 27.9 Å². The fourth-order valence-corrected chi connectivity index (χ4v) is 7.66. The van der Waals surface area contributed by atoms with Crippen LogP contribution in [-0.2, 0) is 40.5 Å². The van der Waals surface area contributed by atoms with Crippen LogP contribution in [0.25, 0.3) is 11.1 Å². The van der Waals surface area contributed by atoms with Crippen LogP contribution in [0.4, 0.5) is 4.39 Å². The second kappa shape index (κ2) is 13.7. The van der Waals surface area contributed by atoms with Crippen LogP contribution < -0.4 is 5.32 Å². The average molecular weight is 611 g/mol. The van der Waals surface area contributed by atoms with Crippen LogP contribution in [0.1, 0.15) is 55.9 Å². The van der Waals surface area contributed by atoms with E-state index in [0.29, 0.717) is 34.6 Å². The third kappa shape index (κ3) is 8.29. The first-order valence-corrected chi connectivity index (χ1v) is 16.3. The number of rotatable bonds is 14. The third-order valence-electron chi connectivity index (χ3n) is 8.33. The molecule has 1 unspecified atom stereocenters. The van der Waals surface area contributed by atoms with E-state index in [-0.39, 0.29) is 36.4 Å². The number of aliphatic hydroxyl groups excluding tert-OH is 1. The van der Waals surface area contributed by atoms with Crippen molar-refractivity contribution in [1.29, 1.82) is 0 Å². The average Bonchev–Trinajstić information content (AvgIpc) is 3.36. The molecule has 0 radical (unpaired) electrons. The topological polar surface area (TPSA) is 107 Å². The molecule has 0 heterocycles. The zero-order valence-corrected chi connectivity index (χ0v) is 26.3. The maximum Gasteiger partial charge on any atom is 0.303 e. The van der Waals surface area contributed by atoms with Gasteiger partial charge in [-0.2, -0.15) is 4.31 Å². The van der Waals surface area contributed by atoms with E-state index in [1.165, 1.54) is 40.7 Å². The number of carbonyl (C=O) groups is 1. The number of sulfonamides is 1. The lowest BCUT2D eigenvalue weighted by Crippen LogP contribution is -2.47. The van der Waals surface area contributed by atoms with Crippen molar-refractivity contribution in [2.75, 3.05) is 20.1 Å². The summed E-state index contributed by atoms with van der Waals surface area (Å²) in [5, 5.41) is 23.4. The molecule has 9 heteroatoms. The van der Waals surface area contributed by atoms with Crippen molar-refractivity contribution in [2.24, 2.45) is 5.92 Å². The molecule has 3 aromatic rings. The van der Waals surface area contributed by atoms with Gasteiger partial charge in [0.2, 0.25) is 10.0 Å². The monoisotopic (exact) mass is 610 g/mol. The van der Waals surface area contributed by atoms with E-state index in [4.69, 9.17) is 5.11 Å². The summed E-state index contributed by atoms with van der Waals surface area (Å²) in [6, 6.07) is 17.7. The highest BCUT2D eigenvalue weighted by Crippen LogP contribution is 2.33. The molecular weight excluding hydrogens is 567 g/mol. The second-order valence-corrected chi connectivity index (χ2v) is 14.3. The van der Waals surface area contributed by atoms with Crippen LogP contribution in [-0.4, -0.2) is 60.7 Å². The SMILES string of the molecule is CCc1cc(-c2ccc(F)cc2CCC(=O)O)ccc1S(=O)(=O)N(C)CC(O)CNC(C)(C)CC1Cc2ccccc2C1. The minimum atomic E-state index is -3.91. The van der Waals surface area contributed by atoms with Crippen molar-refractivity contribution in [3.63, 3.8) is 0 Å². The summed E-state index contributed by atoms with van der Waals surface area (Å²) in [5.74, 6) is -0.908. The van der Waals surface area contributed by atoms with Crippen molar-refractivity contribution in [1.82, 2.24) is 9.62 Å². The van der Waals surface area contributed by atoms with E-state index in [0.717, 1.165) is 19.3 Å². The van der Waals surface area contributed by atoms with Gasteiger partial charge in [0.05, 0.1) is 11.0 Å². The Kier molecular flexibility index (Phi) is 10.4. The van der Waals surface area contributed by atoms with Gasteiger partial charge in [-0.3, -0.25) is 4.79 Å². The lowest BCUT2D eigenvalue weighted by molar-refractivity contribution is -0.136. The molecule has 0 saturated carbocycles. The Balaban J connectivity index is 1.40. The molecule has 0 saturated heterocycles. The number of aliphatic hydroxyl groups is 1. The summed E-state index contributed by atoms with van der Waals surface area (Å²) in [6.45, 7) is 6.29. The van der Waals surface area contributed by atoms with Gasteiger partial charge in [0, 0.05) is 32.1 Å². The minimum Gasteiger partial charge on any atom is -0.481 e. The Morgan fingerprint density at radius 3 is 2.37 bits per heavy atom. The third-order valence-corrected chi connectivity index (χ3v) is 10.3. The molecule has 232 valence electrons. The number of carboxylic acid groups (broad SMARTS) is 1. The van der Waals surface area contributed by atoms with Crippen LogP contribution in [0.15, 0.2) is 65.6 Å². The number of hydrogen-bond donors (Lipinski definition) is 3. The quantitative estimate of drug-likeness (QED) is 0.231. The number of carboxylic acids is 1. The number of nitrogens with zero attached hydrogens (tertiary/aromatic N) is 1. The predicted octanol–water partition coefficient (Wildman–Crippen LogP) is 5.23. The molecule has 1 aliphatic carbocycles. The van der Waals surface area contributed by atoms with Gasteiger partial charge in [0.15, 0.2) is 0 Å². The second-order valence-electron chi connectivity index (χ2n) is 12.3. The minimum absolute atomic E-state index is 0.0670. The molecule has 4 rings (SSSR count). The number of likely N-dealkylation sites (N-methyl/N-ethyl adjacent to an activating group) is 1. The molecule has 0 aliphatic heterocycles. The van der Waals surface area contributed by atoms with Gasteiger partial charge < -0.3 is 15.5 Å². The molecule has 3 N–H and O–H groups in total. The number of hydrogen-bond acceptors (Lipinski definition) is 5. The lowest BCUT2D eigenvalue weighted by Gasteiger charge is -2.31. The van der Waals surface area contributed by atoms with Crippen LogP contribution in [0, 0.1) is 11.7 Å². The number of fused-ring (bicyclic) bond motifs is 1. The summed E-state index contributed by atoms with van der Waals surface area (Å²) in [7, 11) is -2.44. The summed E-state index contributed by atoms with van der Waals surface area (Å²) in [6.07, 6.45) is 2.59. The number of aryl methyl sites for hydroxylation is 2. The highest BCUT2D eigenvalue weighted by molar-refractivity contribution is 7.89. The van der Waals surface area contributed by atoms with E-state index >= 15 is 0 Å². The Labute approximate surface area is 254 Å². The van der Waals surface area contributed by atoms with Gasteiger partial charge in [-0.1, -0.05) is 43.3 Å².